The van der Waals surface area contributed by atoms with Crippen LogP contribution in [0, 0.1) is 11.7 Å². The highest BCUT2D eigenvalue weighted by Crippen LogP contribution is 2.28. The number of nitrogens with one attached hydrogen (secondary N) is 1. The summed E-state index contributed by atoms with van der Waals surface area (Å²) in [6.45, 7) is 1.96. The molecule has 17 heavy (non-hydrogen) atoms. The summed E-state index contributed by atoms with van der Waals surface area (Å²) in [5.74, 6) is 1.48. The Bertz CT molecular complexity index is 586. The van der Waals surface area contributed by atoms with Crippen molar-refractivity contribution in [2.45, 2.75) is 6.92 Å². The molecule has 0 amide bonds. The maximum atomic E-state index is 5.35. The minimum absolute atomic E-state index is 0.644. The number of rotatable bonds is 3. The van der Waals surface area contributed by atoms with Gasteiger partial charge in [0.1, 0.15) is 11.5 Å². The second-order valence-corrected chi connectivity index (χ2v) is 4.04. The molecule has 0 radical (unpaired) electrons. The van der Waals surface area contributed by atoms with Crippen molar-refractivity contribution in [1.29, 1.82) is 0 Å². The molecule has 4 nitrogen and oxygen atoms in total. The zero-order valence-electron chi connectivity index (χ0n) is 9.98. The average Bonchev–Trinajstić information content (AvgIpc) is 2.67. The number of aromatic amines is 1. The molecule has 0 saturated heterocycles. The van der Waals surface area contributed by atoms with Crippen LogP contribution in [0.2, 0.25) is 0 Å². The van der Waals surface area contributed by atoms with Crippen LogP contribution in [-0.4, -0.2) is 23.8 Å². The van der Waals surface area contributed by atoms with Gasteiger partial charge in [-0.1, -0.05) is 0 Å². The highest BCUT2D eigenvalue weighted by molar-refractivity contribution is 7.71. The van der Waals surface area contributed by atoms with Gasteiger partial charge in [0.05, 0.1) is 19.9 Å². The van der Waals surface area contributed by atoms with E-state index in [2.05, 4.69) is 4.98 Å². The molecule has 5 heteroatoms. The van der Waals surface area contributed by atoms with E-state index in [-0.39, 0.29) is 0 Å². The largest absolute Gasteiger partial charge is 0.497 e. The molecular formula is C12H14N2O2S. The van der Waals surface area contributed by atoms with Gasteiger partial charge in [-0.25, -0.2) is 0 Å². The molecule has 1 heterocycles. The van der Waals surface area contributed by atoms with Crippen LogP contribution in [-0.2, 0) is 0 Å². The Labute approximate surface area is 105 Å². The van der Waals surface area contributed by atoms with E-state index in [0.717, 1.165) is 22.9 Å². The van der Waals surface area contributed by atoms with Gasteiger partial charge >= 0.3 is 0 Å². The van der Waals surface area contributed by atoms with Crippen molar-refractivity contribution in [3.05, 3.63) is 34.9 Å². The van der Waals surface area contributed by atoms with Gasteiger partial charge < -0.3 is 14.5 Å². The zero-order chi connectivity index (χ0) is 12.4. The van der Waals surface area contributed by atoms with Crippen LogP contribution < -0.4 is 9.47 Å². The number of H-pyrrole nitrogens is 1. The minimum atomic E-state index is 0.644. The summed E-state index contributed by atoms with van der Waals surface area (Å²) < 4.78 is 13.0. The third-order valence-electron chi connectivity index (χ3n) is 2.49. The summed E-state index contributed by atoms with van der Waals surface area (Å²) in [5.41, 5.74) is 1.90. The summed E-state index contributed by atoms with van der Waals surface area (Å²) in [5, 5.41) is 0. The van der Waals surface area contributed by atoms with E-state index >= 15 is 0 Å². The number of hydrogen-bond acceptors (Lipinski definition) is 3. The van der Waals surface area contributed by atoms with E-state index in [9.17, 15) is 0 Å². The first-order chi connectivity index (χ1) is 8.15. The lowest BCUT2D eigenvalue weighted by Gasteiger charge is -2.10. The lowest BCUT2D eigenvalue weighted by Crippen LogP contribution is -1.97. The van der Waals surface area contributed by atoms with Crippen molar-refractivity contribution in [2.75, 3.05) is 14.2 Å². The van der Waals surface area contributed by atoms with Crippen LogP contribution in [0.4, 0.5) is 0 Å². The molecule has 0 aliphatic rings. The quantitative estimate of drug-likeness (QED) is 0.851. The molecule has 0 aliphatic carbocycles. The van der Waals surface area contributed by atoms with Crippen molar-refractivity contribution in [1.82, 2.24) is 9.55 Å². The Morgan fingerprint density at radius 2 is 2.00 bits per heavy atom. The van der Waals surface area contributed by atoms with Gasteiger partial charge in [-0.05, 0) is 31.3 Å². The van der Waals surface area contributed by atoms with E-state index in [0.29, 0.717) is 4.77 Å². The van der Waals surface area contributed by atoms with E-state index in [1.54, 1.807) is 14.2 Å². The fourth-order valence-corrected chi connectivity index (χ4v) is 1.99. The van der Waals surface area contributed by atoms with Crippen LogP contribution in [0.25, 0.3) is 5.69 Å². The number of benzene rings is 1. The Hall–Kier alpha value is -1.75. The predicted octanol–water partition coefficient (Wildman–Crippen LogP) is 2.86. The van der Waals surface area contributed by atoms with Crippen molar-refractivity contribution in [3.8, 4) is 17.2 Å². The standard InChI is InChI=1S/C12H14N2O2S/c1-8-7-14(12(17)13-8)10-5-4-9(15-2)6-11(10)16-3/h4-7H,1-3H3,(H,13,17). The molecule has 1 N–H and O–H groups in total. The third kappa shape index (κ3) is 2.19. The summed E-state index contributed by atoms with van der Waals surface area (Å²) in [7, 11) is 3.25. The third-order valence-corrected chi connectivity index (χ3v) is 2.79. The van der Waals surface area contributed by atoms with E-state index < -0.39 is 0 Å². The molecule has 0 fully saturated rings. The second kappa shape index (κ2) is 4.63. The number of aromatic nitrogens is 2. The molecular weight excluding hydrogens is 236 g/mol. The molecule has 1 aromatic carbocycles. The van der Waals surface area contributed by atoms with Crippen LogP contribution in [0.5, 0.6) is 11.5 Å². The molecule has 0 aliphatic heterocycles. The zero-order valence-corrected chi connectivity index (χ0v) is 10.8. The van der Waals surface area contributed by atoms with Gasteiger partial charge in [0.25, 0.3) is 0 Å². The fraction of sp³-hybridized carbons (Fsp3) is 0.250. The molecule has 2 aromatic rings. The van der Waals surface area contributed by atoms with E-state index in [1.165, 1.54) is 0 Å². The van der Waals surface area contributed by atoms with Gasteiger partial charge in [0.2, 0.25) is 0 Å². The first-order valence-corrected chi connectivity index (χ1v) is 5.57. The highest BCUT2D eigenvalue weighted by Gasteiger charge is 2.08. The molecule has 90 valence electrons. The first-order valence-electron chi connectivity index (χ1n) is 5.16. The number of hydrogen-bond donors (Lipinski definition) is 1. The fourth-order valence-electron chi connectivity index (χ4n) is 1.68. The van der Waals surface area contributed by atoms with Crippen molar-refractivity contribution in [3.63, 3.8) is 0 Å². The minimum Gasteiger partial charge on any atom is -0.497 e. The number of imidazole rings is 1. The van der Waals surface area contributed by atoms with E-state index in [1.807, 2.05) is 35.9 Å². The monoisotopic (exact) mass is 250 g/mol. The smallest absolute Gasteiger partial charge is 0.182 e. The van der Waals surface area contributed by atoms with Crippen molar-refractivity contribution >= 4 is 12.2 Å². The average molecular weight is 250 g/mol. The number of methoxy groups -OCH3 is 2. The molecule has 1 aromatic heterocycles. The lowest BCUT2D eigenvalue weighted by molar-refractivity contribution is 0.393. The van der Waals surface area contributed by atoms with Crippen LogP contribution in [0.1, 0.15) is 5.69 Å². The molecule has 0 unspecified atom stereocenters. The summed E-state index contributed by atoms with van der Waals surface area (Å²) in [4.78, 5) is 3.08. The van der Waals surface area contributed by atoms with E-state index in [4.69, 9.17) is 21.7 Å². The highest BCUT2D eigenvalue weighted by atomic mass is 32.1. The van der Waals surface area contributed by atoms with Crippen molar-refractivity contribution < 1.29 is 9.47 Å². The van der Waals surface area contributed by atoms with Gasteiger partial charge in [-0.15, -0.1) is 0 Å². The second-order valence-electron chi connectivity index (χ2n) is 3.65. The lowest BCUT2D eigenvalue weighted by atomic mass is 10.2. The Morgan fingerprint density at radius 3 is 2.53 bits per heavy atom. The summed E-state index contributed by atoms with van der Waals surface area (Å²) >= 11 is 5.24. The predicted molar refractivity (Wildman–Crippen MR) is 68.8 cm³/mol. The molecule has 0 saturated carbocycles. The molecule has 2 rings (SSSR count). The maximum Gasteiger partial charge on any atom is 0.182 e. The topological polar surface area (TPSA) is 39.2 Å². The summed E-state index contributed by atoms with van der Waals surface area (Å²) in [6.07, 6.45) is 1.94. The first kappa shape index (κ1) is 11.7. The normalized spacial score (nSPS) is 10.3. The number of aryl methyl sites for hydroxylation is 1. The Morgan fingerprint density at radius 1 is 1.24 bits per heavy atom. The van der Waals surface area contributed by atoms with Crippen LogP contribution >= 0.6 is 12.2 Å². The number of nitrogens with zero attached hydrogens (tertiary/aromatic N) is 1. The van der Waals surface area contributed by atoms with Crippen LogP contribution in [0.15, 0.2) is 24.4 Å². The molecule has 0 atom stereocenters. The van der Waals surface area contributed by atoms with Gasteiger partial charge in [-0.3, -0.25) is 4.57 Å². The van der Waals surface area contributed by atoms with Gasteiger partial charge in [-0.2, -0.15) is 0 Å². The van der Waals surface area contributed by atoms with Gasteiger partial charge in [0, 0.05) is 18.0 Å². The summed E-state index contributed by atoms with van der Waals surface area (Å²) in [6, 6.07) is 5.63. The molecule has 0 spiro atoms. The number of ether oxygens (including phenoxy) is 2. The molecule has 0 bridgehead atoms. The van der Waals surface area contributed by atoms with Gasteiger partial charge in [0.15, 0.2) is 4.77 Å². The Kier molecular flexibility index (Phi) is 3.19. The SMILES string of the molecule is COc1ccc(-n2cc(C)[nH]c2=S)c(OC)c1. The maximum absolute atomic E-state index is 5.35. The van der Waals surface area contributed by atoms with Crippen molar-refractivity contribution in [2.24, 2.45) is 0 Å². The Balaban J connectivity index is 2.59. The van der Waals surface area contributed by atoms with Crippen LogP contribution in [0.3, 0.4) is 0 Å².